The molecule has 76 valence electrons. The third-order valence-corrected chi connectivity index (χ3v) is 2.25. The first kappa shape index (κ1) is 10.8. The number of hydrogen-bond donors (Lipinski definition) is 1. The number of nitro groups is 1. The van der Waals surface area contributed by atoms with Gasteiger partial charge in [0.15, 0.2) is 0 Å². The van der Waals surface area contributed by atoms with E-state index in [1.807, 2.05) is 0 Å². The Morgan fingerprint density at radius 1 is 1.64 bits per heavy atom. The molecule has 14 heavy (non-hydrogen) atoms. The molecule has 0 aliphatic rings. The quantitative estimate of drug-likeness (QED) is 0.514. The van der Waals surface area contributed by atoms with E-state index in [0.29, 0.717) is 16.8 Å². The smallest absolute Gasteiger partial charge is 0.296 e. The summed E-state index contributed by atoms with van der Waals surface area (Å²) in [6, 6.07) is 2.91. The van der Waals surface area contributed by atoms with Crippen molar-refractivity contribution in [3.05, 3.63) is 26.7 Å². The Labute approximate surface area is 89.1 Å². The van der Waals surface area contributed by atoms with E-state index in [-0.39, 0.29) is 11.4 Å². The van der Waals surface area contributed by atoms with E-state index < -0.39 is 4.92 Å². The minimum Gasteiger partial charge on any atom is -0.494 e. The van der Waals surface area contributed by atoms with Crippen molar-refractivity contribution in [2.24, 2.45) is 0 Å². The second-order valence-corrected chi connectivity index (χ2v) is 3.38. The molecule has 0 aromatic heterocycles. The first-order valence-corrected chi connectivity index (χ1v) is 4.71. The van der Waals surface area contributed by atoms with Crippen LogP contribution in [0.25, 0.3) is 0 Å². The van der Waals surface area contributed by atoms with Gasteiger partial charge in [-0.3, -0.25) is 10.1 Å². The van der Waals surface area contributed by atoms with E-state index in [1.165, 1.54) is 6.07 Å². The summed E-state index contributed by atoms with van der Waals surface area (Å²) in [6.07, 6.45) is 0. The minimum atomic E-state index is -0.539. The van der Waals surface area contributed by atoms with Crippen LogP contribution in [0.4, 0.5) is 11.4 Å². The standard InChI is InChI=1S/C8H9BrN2O3/c1-2-14-5-3-6(9)8(10)7(4-5)11(12)13/h3-4H,2,10H2,1H3. The number of nitro benzene ring substituents is 1. The second kappa shape index (κ2) is 4.28. The Morgan fingerprint density at radius 2 is 2.29 bits per heavy atom. The van der Waals surface area contributed by atoms with Crippen molar-refractivity contribution >= 4 is 27.3 Å². The van der Waals surface area contributed by atoms with Crippen LogP contribution in [-0.2, 0) is 0 Å². The number of hydrogen-bond acceptors (Lipinski definition) is 4. The second-order valence-electron chi connectivity index (χ2n) is 2.53. The summed E-state index contributed by atoms with van der Waals surface area (Å²) in [6.45, 7) is 2.25. The van der Waals surface area contributed by atoms with Gasteiger partial charge in [0.2, 0.25) is 0 Å². The molecule has 0 heterocycles. The maximum Gasteiger partial charge on any atom is 0.296 e. The molecule has 6 heteroatoms. The van der Waals surface area contributed by atoms with Crippen molar-refractivity contribution in [2.45, 2.75) is 6.92 Å². The summed E-state index contributed by atoms with van der Waals surface area (Å²) in [5.74, 6) is 0.431. The lowest BCUT2D eigenvalue weighted by atomic mass is 10.2. The highest BCUT2D eigenvalue weighted by Gasteiger charge is 2.16. The van der Waals surface area contributed by atoms with Crippen molar-refractivity contribution in [3.63, 3.8) is 0 Å². The van der Waals surface area contributed by atoms with Gasteiger partial charge in [-0.25, -0.2) is 0 Å². The number of benzene rings is 1. The van der Waals surface area contributed by atoms with Crippen LogP contribution in [0.5, 0.6) is 5.75 Å². The van der Waals surface area contributed by atoms with Gasteiger partial charge in [0, 0.05) is 0 Å². The highest BCUT2D eigenvalue weighted by molar-refractivity contribution is 9.10. The van der Waals surface area contributed by atoms with Crippen molar-refractivity contribution in [2.75, 3.05) is 12.3 Å². The van der Waals surface area contributed by atoms with Crippen molar-refractivity contribution in [1.29, 1.82) is 0 Å². The number of ether oxygens (including phenoxy) is 1. The molecule has 0 atom stereocenters. The molecule has 0 radical (unpaired) electrons. The van der Waals surface area contributed by atoms with Crippen LogP contribution < -0.4 is 10.5 Å². The van der Waals surface area contributed by atoms with E-state index in [2.05, 4.69) is 15.9 Å². The highest BCUT2D eigenvalue weighted by atomic mass is 79.9. The molecule has 0 amide bonds. The SMILES string of the molecule is CCOc1cc(Br)c(N)c([N+](=O)[O-])c1. The van der Waals surface area contributed by atoms with Crippen LogP contribution in [0.2, 0.25) is 0 Å². The first-order chi connectivity index (χ1) is 6.56. The van der Waals surface area contributed by atoms with E-state index in [1.54, 1.807) is 13.0 Å². The van der Waals surface area contributed by atoms with Gasteiger partial charge >= 0.3 is 0 Å². The molecular formula is C8H9BrN2O3. The Balaban J connectivity index is 3.21. The Kier molecular flexibility index (Phi) is 3.29. The zero-order valence-electron chi connectivity index (χ0n) is 7.49. The molecule has 1 aromatic carbocycles. The zero-order valence-corrected chi connectivity index (χ0v) is 9.08. The monoisotopic (exact) mass is 260 g/mol. The van der Waals surface area contributed by atoms with Crippen LogP contribution in [0, 0.1) is 10.1 Å². The van der Waals surface area contributed by atoms with E-state index in [9.17, 15) is 10.1 Å². The number of rotatable bonds is 3. The summed E-state index contributed by atoms with van der Waals surface area (Å²) in [4.78, 5) is 10.0. The lowest BCUT2D eigenvalue weighted by Crippen LogP contribution is -1.99. The maximum atomic E-state index is 10.6. The first-order valence-electron chi connectivity index (χ1n) is 3.92. The average Bonchev–Trinajstić information content (AvgIpc) is 2.11. The van der Waals surface area contributed by atoms with Gasteiger partial charge in [-0.15, -0.1) is 0 Å². The molecular weight excluding hydrogens is 252 g/mol. The Bertz CT molecular complexity index is 368. The molecule has 0 bridgehead atoms. The third kappa shape index (κ3) is 2.14. The van der Waals surface area contributed by atoms with Crippen molar-refractivity contribution < 1.29 is 9.66 Å². The van der Waals surface area contributed by atoms with Crippen LogP contribution in [-0.4, -0.2) is 11.5 Å². The number of nitrogens with two attached hydrogens (primary N) is 1. The van der Waals surface area contributed by atoms with Crippen molar-refractivity contribution in [3.8, 4) is 5.75 Å². The van der Waals surface area contributed by atoms with Crippen molar-refractivity contribution in [1.82, 2.24) is 0 Å². The maximum absolute atomic E-state index is 10.6. The molecule has 1 aromatic rings. The molecule has 1 rings (SSSR count). The molecule has 5 nitrogen and oxygen atoms in total. The fourth-order valence-corrected chi connectivity index (χ4v) is 1.41. The molecule has 0 unspecified atom stereocenters. The van der Waals surface area contributed by atoms with E-state index >= 15 is 0 Å². The minimum absolute atomic E-state index is 0.110. The topological polar surface area (TPSA) is 78.4 Å². The van der Waals surface area contributed by atoms with Gasteiger partial charge in [0.05, 0.1) is 22.1 Å². The zero-order chi connectivity index (χ0) is 10.7. The van der Waals surface area contributed by atoms with Gasteiger partial charge in [0.25, 0.3) is 5.69 Å². The highest BCUT2D eigenvalue weighted by Crippen LogP contribution is 2.34. The Hall–Kier alpha value is -1.30. The summed E-state index contributed by atoms with van der Waals surface area (Å²) < 4.78 is 5.61. The largest absolute Gasteiger partial charge is 0.494 e. The van der Waals surface area contributed by atoms with Crippen LogP contribution >= 0.6 is 15.9 Å². The van der Waals surface area contributed by atoms with Gasteiger partial charge in [0.1, 0.15) is 11.4 Å². The van der Waals surface area contributed by atoms with Crippen LogP contribution in [0.3, 0.4) is 0 Å². The normalized spacial score (nSPS) is 9.86. The van der Waals surface area contributed by atoms with Gasteiger partial charge in [-0.1, -0.05) is 0 Å². The summed E-state index contributed by atoms with van der Waals surface area (Å²) in [5, 5.41) is 10.6. The lowest BCUT2D eigenvalue weighted by Gasteiger charge is -2.05. The number of halogens is 1. The van der Waals surface area contributed by atoms with Crippen LogP contribution in [0.15, 0.2) is 16.6 Å². The molecule has 0 saturated heterocycles. The molecule has 0 saturated carbocycles. The fraction of sp³-hybridized carbons (Fsp3) is 0.250. The van der Waals surface area contributed by atoms with E-state index in [4.69, 9.17) is 10.5 Å². The predicted octanol–water partition coefficient (Wildman–Crippen LogP) is 2.34. The van der Waals surface area contributed by atoms with Crippen LogP contribution in [0.1, 0.15) is 6.92 Å². The number of nitrogens with zero attached hydrogens (tertiary/aromatic N) is 1. The molecule has 2 N–H and O–H groups in total. The van der Waals surface area contributed by atoms with E-state index in [0.717, 1.165) is 0 Å². The van der Waals surface area contributed by atoms with Gasteiger partial charge < -0.3 is 10.5 Å². The molecule has 0 aliphatic heterocycles. The van der Waals surface area contributed by atoms with Gasteiger partial charge in [-0.2, -0.15) is 0 Å². The third-order valence-electron chi connectivity index (χ3n) is 1.59. The Morgan fingerprint density at radius 3 is 2.79 bits per heavy atom. The number of anilines is 1. The lowest BCUT2D eigenvalue weighted by molar-refractivity contribution is -0.384. The average molecular weight is 261 g/mol. The molecule has 0 fully saturated rings. The molecule has 0 spiro atoms. The van der Waals surface area contributed by atoms with Gasteiger partial charge in [-0.05, 0) is 28.9 Å². The fourth-order valence-electron chi connectivity index (χ4n) is 0.980. The number of nitrogen functional groups attached to an aromatic ring is 1. The predicted molar refractivity (Wildman–Crippen MR) is 56.4 cm³/mol. The summed E-state index contributed by atoms with van der Waals surface area (Å²) >= 11 is 3.13. The summed E-state index contributed by atoms with van der Waals surface area (Å²) in [5.41, 5.74) is 5.46. The molecule has 0 aliphatic carbocycles. The summed E-state index contributed by atoms with van der Waals surface area (Å²) in [7, 11) is 0.